The van der Waals surface area contributed by atoms with Gasteiger partial charge in [0, 0.05) is 69.4 Å². The topological polar surface area (TPSA) is 415 Å². The Labute approximate surface area is 507 Å². The van der Waals surface area contributed by atoms with Crippen molar-refractivity contribution in [1.29, 1.82) is 0 Å². The number of guanidine groups is 1. The lowest BCUT2D eigenvalue weighted by Gasteiger charge is -2.46. The zero-order chi connectivity index (χ0) is 65.0. The molecule has 0 unspecified atom stereocenters. The van der Waals surface area contributed by atoms with Crippen LogP contribution >= 0.6 is 0 Å². The van der Waals surface area contributed by atoms with Crippen LogP contribution in [0, 0.1) is 47.3 Å². The summed E-state index contributed by atoms with van der Waals surface area (Å²) in [7, 11) is 1.62. The van der Waals surface area contributed by atoms with Crippen LogP contribution in [0.5, 0.6) is 0 Å². The number of carbonyl (C=O) groups is 5. The van der Waals surface area contributed by atoms with Gasteiger partial charge >= 0.3 is 29.8 Å². The van der Waals surface area contributed by atoms with Gasteiger partial charge in [0.05, 0.1) is 60.9 Å². The molecule has 0 aliphatic carbocycles. The highest BCUT2D eigenvalue weighted by Gasteiger charge is 2.52. The number of hydrogen-bond donors (Lipinski definition) is 14. The van der Waals surface area contributed by atoms with Crippen LogP contribution in [0.4, 0.5) is 0 Å². The molecule has 494 valence electrons. The molecule has 0 amide bonds. The van der Waals surface area contributed by atoms with E-state index >= 15 is 0 Å². The second-order valence-electron chi connectivity index (χ2n) is 24.4. The van der Waals surface area contributed by atoms with Gasteiger partial charge in [-0.25, -0.2) is 0 Å². The van der Waals surface area contributed by atoms with Gasteiger partial charge in [0.15, 0.2) is 11.7 Å². The number of carbonyl (C=O) groups excluding carboxylic acids is 3. The van der Waals surface area contributed by atoms with Crippen molar-refractivity contribution in [2.45, 2.75) is 243 Å². The van der Waals surface area contributed by atoms with Gasteiger partial charge in [-0.15, -0.1) is 0 Å². The average Bonchev–Trinajstić information content (AvgIpc) is 1.53. The molecule has 0 spiro atoms. The van der Waals surface area contributed by atoms with Gasteiger partial charge in [-0.3, -0.25) is 29.0 Å². The summed E-state index contributed by atoms with van der Waals surface area (Å²) < 4.78 is 22.9. The first kappa shape index (κ1) is 77.2. The number of carboxylic acid groups (broad SMARTS) is 2. The van der Waals surface area contributed by atoms with E-state index in [2.05, 4.69) is 29.4 Å². The molecular weight excluding hydrogens is 1120 g/mol. The minimum Gasteiger partial charge on any atom is -0.481 e. The number of nitrogens with zero attached hydrogens (tertiary/aromatic N) is 1. The fourth-order valence-electron chi connectivity index (χ4n) is 10.8. The first-order valence-corrected chi connectivity index (χ1v) is 30.5. The van der Waals surface area contributed by atoms with Crippen molar-refractivity contribution in [2.24, 2.45) is 58.1 Å². The number of aliphatic hydroxyl groups excluding tert-OH is 9. The Morgan fingerprint density at radius 1 is 0.721 bits per heavy atom. The lowest BCUT2D eigenvalue weighted by molar-refractivity contribution is -0.334. The SMILES string of the molecule is CN=C(N)NCCC/C=C/CCC[C@H](C)C[C@H](C)[C@H]1OC(=O)[C@H](C)[C@H](O)/C=C/[C@H](C)[C@H](O)C[C@H](O)[C@H](C)[C@@H](O)CC[C@H](C)[C@H](O)C[C@]2(O)O[C@H](C[C@@H](OC(=O)CC(=O)O)C[C@H](O)C[C@@H](O)[C@H](C)[C@H](O)/C=C/C=C/[C@@H]1C)C[C@H](OC(=O)CC(=O)O)[C@H]2O. The van der Waals surface area contributed by atoms with Crippen molar-refractivity contribution in [3.63, 3.8) is 0 Å². The number of aliphatic hydroxyl groups is 10. The largest absolute Gasteiger partial charge is 0.481 e. The Hall–Kier alpha value is -4.86. The highest BCUT2D eigenvalue weighted by atomic mass is 16.7. The standard InChI is InChI=1S/C62H105N3O21/c1-35(18-14-12-10-11-13-17-25-65-61(63)64-9)26-39(5)58-38(4)19-15-16-20-46(67)40(6)50(71)28-43(66)27-44(83-56(78)32-54(74)75)29-45-30-53(84-57(79)33-55(76)77)59(80)62(82,86-45)34-52(73)37(3)22-23-47(68)41(7)51(72)31-49(70)36(2)21-24-48(69)42(8)60(81)85-58/h10-11,15-16,19-21,24,35-53,58-59,66-73,80,82H,12-14,17-18,22-23,25-34H2,1-9H3,(H,74,75)(H,76,77)(H3,63,64,65)/b11-10+,19-15+,20-16+,24-21+/t35-,36-,37-,38-,39-,40+,41+,42+,43-,44-,45+,46+,47-,48+,49+,50+,51-,52+,53-,58-,59+,62-/m0/s1. The maximum absolute atomic E-state index is 13.9. The van der Waals surface area contributed by atoms with E-state index in [-0.39, 0.29) is 37.0 Å². The molecule has 2 aliphatic rings. The number of nitrogens with two attached hydrogens (primary N) is 1. The number of unbranched alkanes of at least 4 members (excludes halogenated alkanes) is 2. The highest BCUT2D eigenvalue weighted by Crippen LogP contribution is 2.38. The molecule has 2 heterocycles. The first-order chi connectivity index (χ1) is 40.3. The number of nitrogens with one attached hydrogen (secondary N) is 1. The van der Waals surface area contributed by atoms with Gasteiger partial charge in [0.2, 0.25) is 0 Å². The lowest BCUT2D eigenvalue weighted by atomic mass is 9.83. The molecule has 2 aliphatic heterocycles. The summed E-state index contributed by atoms with van der Waals surface area (Å²) in [5.74, 6) is -13.1. The van der Waals surface area contributed by atoms with Crippen LogP contribution < -0.4 is 11.1 Å². The molecule has 0 aromatic heterocycles. The number of fused-ring (bicyclic) bond motifs is 2. The second kappa shape index (κ2) is 39.2. The van der Waals surface area contributed by atoms with E-state index in [1.165, 1.54) is 32.1 Å². The maximum atomic E-state index is 13.9. The predicted octanol–water partition coefficient (Wildman–Crippen LogP) is 3.33. The monoisotopic (exact) mass is 1230 g/mol. The molecule has 2 bridgehead atoms. The molecule has 2 rings (SSSR count). The number of aliphatic carboxylic acids is 2. The van der Waals surface area contributed by atoms with Gasteiger partial charge in [-0.1, -0.05) is 103 Å². The summed E-state index contributed by atoms with van der Waals surface area (Å²) in [5.41, 5.74) is 5.69. The van der Waals surface area contributed by atoms with Crippen molar-refractivity contribution in [3.8, 4) is 0 Å². The zero-order valence-electron chi connectivity index (χ0n) is 51.8. The highest BCUT2D eigenvalue weighted by molar-refractivity contribution is 5.90. The second-order valence-corrected chi connectivity index (χ2v) is 24.4. The number of carboxylic acids is 2. The molecule has 1 saturated heterocycles. The van der Waals surface area contributed by atoms with E-state index in [1.807, 2.05) is 13.8 Å². The van der Waals surface area contributed by atoms with Crippen molar-refractivity contribution in [1.82, 2.24) is 5.32 Å². The molecule has 15 N–H and O–H groups in total. The Balaban J connectivity index is 2.53. The normalized spacial score (nSPS) is 36.9. The number of aliphatic imine (C=N–C) groups is 1. The summed E-state index contributed by atoms with van der Waals surface area (Å²) in [6.07, 6.45) is -3.69. The van der Waals surface area contributed by atoms with E-state index in [9.17, 15) is 85.3 Å². The van der Waals surface area contributed by atoms with Gasteiger partial charge in [-0.2, -0.15) is 0 Å². The summed E-state index contributed by atoms with van der Waals surface area (Å²) in [6, 6.07) is 0. The van der Waals surface area contributed by atoms with Crippen molar-refractivity contribution < 1.29 is 104 Å². The molecule has 24 nitrogen and oxygen atoms in total. The van der Waals surface area contributed by atoms with Crippen LogP contribution in [0.1, 0.15) is 158 Å². The van der Waals surface area contributed by atoms with E-state index in [0.29, 0.717) is 12.4 Å². The molecule has 0 radical (unpaired) electrons. The van der Waals surface area contributed by atoms with Crippen molar-refractivity contribution in [2.75, 3.05) is 13.6 Å². The molecule has 0 aromatic carbocycles. The quantitative estimate of drug-likeness (QED) is 0.0189. The number of hydrogen-bond acceptors (Lipinski definition) is 20. The number of cyclic esters (lactones) is 1. The fraction of sp³-hybridized carbons (Fsp3) is 0.774. The zero-order valence-corrected chi connectivity index (χ0v) is 51.8. The van der Waals surface area contributed by atoms with Crippen LogP contribution in [-0.4, -0.2) is 196 Å². The minimum atomic E-state index is -2.74. The predicted molar refractivity (Wildman–Crippen MR) is 318 cm³/mol. The van der Waals surface area contributed by atoms with Crippen LogP contribution in [0.25, 0.3) is 0 Å². The van der Waals surface area contributed by atoms with Crippen molar-refractivity contribution >= 4 is 35.8 Å². The summed E-state index contributed by atoms with van der Waals surface area (Å²) in [6.45, 7) is 14.6. The summed E-state index contributed by atoms with van der Waals surface area (Å²) >= 11 is 0. The van der Waals surface area contributed by atoms with Crippen LogP contribution in [0.2, 0.25) is 0 Å². The Kier molecular flexibility index (Phi) is 35.2. The molecular formula is C62H105N3O21. The van der Waals surface area contributed by atoms with E-state index in [0.717, 1.165) is 38.6 Å². The number of allylic oxidation sites excluding steroid dienone is 4. The number of ether oxygens (including phenoxy) is 4. The average molecular weight is 1230 g/mol. The molecule has 0 saturated carbocycles. The Morgan fingerprint density at radius 2 is 1.33 bits per heavy atom. The maximum Gasteiger partial charge on any atom is 0.317 e. The van der Waals surface area contributed by atoms with Gasteiger partial charge < -0.3 is 91.3 Å². The van der Waals surface area contributed by atoms with Crippen LogP contribution in [0.15, 0.2) is 53.6 Å². The van der Waals surface area contributed by atoms with Gasteiger partial charge in [-0.05, 0) is 76.0 Å². The molecule has 86 heavy (non-hydrogen) atoms. The van der Waals surface area contributed by atoms with Gasteiger partial charge in [0.25, 0.3) is 0 Å². The van der Waals surface area contributed by atoms with E-state index < -0.39 is 190 Å². The Bertz CT molecular complexity index is 2200. The number of esters is 3. The third-order valence-electron chi connectivity index (χ3n) is 16.7. The molecule has 0 aromatic rings. The first-order valence-electron chi connectivity index (χ1n) is 30.5. The van der Waals surface area contributed by atoms with Gasteiger partial charge in [0.1, 0.15) is 37.3 Å². The third kappa shape index (κ3) is 28.5. The van der Waals surface area contributed by atoms with E-state index in [1.54, 1.807) is 46.0 Å². The van der Waals surface area contributed by atoms with Crippen molar-refractivity contribution in [3.05, 3.63) is 48.6 Å². The van der Waals surface area contributed by atoms with Crippen LogP contribution in [-0.2, 0) is 42.9 Å². The fourth-order valence-corrected chi connectivity index (χ4v) is 10.8. The molecule has 24 heteroatoms. The molecule has 22 atom stereocenters. The summed E-state index contributed by atoms with van der Waals surface area (Å²) in [4.78, 5) is 66.1. The Morgan fingerprint density at radius 3 is 1.95 bits per heavy atom. The lowest BCUT2D eigenvalue weighted by Crippen LogP contribution is -2.60. The smallest absolute Gasteiger partial charge is 0.317 e. The minimum absolute atomic E-state index is 0.00495. The van der Waals surface area contributed by atoms with Crippen LogP contribution in [0.3, 0.4) is 0 Å². The van der Waals surface area contributed by atoms with E-state index in [4.69, 9.17) is 24.7 Å². The summed E-state index contributed by atoms with van der Waals surface area (Å²) in [5, 5.41) is 135. The number of rotatable bonds is 17. The molecule has 1 fully saturated rings. The third-order valence-corrected chi connectivity index (χ3v) is 16.7.